The molecule has 0 N–H and O–H groups in total. The topological polar surface area (TPSA) is 61.2 Å². The van der Waals surface area contributed by atoms with Crippen molar-refractivity contribution in [2.24, 2.45) is 0 Å². The van der Waals surface area contributed by atoms with Crippen molar-refractivity contribution in [1.29, 1.82) is 5.26 Å². The molecule has 1 heterocycles. The predicted octanol–water partition coefficient (Wildman–Crippen LogP) is 2.57. The lowest BCUT2D eigenvalue weighted by molar-refractivity contribution is -0.125. The standard InChI is InChI=1S/C13H9BrN2O2S/c14-10-3-1-9(2-4-10)11(17)7-16-12(18)8-19-13(16)5-6-15/h1-5H,7-8H2/b13-5-. The summed E-state index contributed by atoms with van der Waals surface area (Å²) >= 11 is 4.58. The van der Waals surface area contributed by atoms with Gasteiger partial charge in [0, 0.05) is 16.1 Å². The van der Waals surface area contributed by atoms with Gasteiger partial charge in [-0.2, -0.15) is 5.26 Å². The first-order valence-corrected chi connectivity index (χ1v) is 7.21. The number of Topliss-reactive ketones (excluding diaryl/α,β-unsaturated/α-hetero) is 1. The Morgan fingerprint density at radius 1 is 1.47 bits per heavy atom. The molecule has 1 aromatic carbocycles. The zero-order valence-corrected chi connectivity index (χ0v) is 12.2. The molecule has 0 aliphatic carbocycles. The fraction of sp³-hybridized carbons (Fsp3) is 0.154. The van der Waals surface area contributed by atoms with Crippen LogP contribution in [0, 0.1) is 11.3 Å². The molecule has 1 amide bonds. The zero-order chi connectivity index (χ0) is 13.8. The number of ketones is 1. The zero-order valence-electron chi connectivity index (χ0n) is 9.80. The van der Waals surface area contributed by atoms with E-state index in [-0.39, 0.29) is 24.0 Å². The van der Waals surface area contributed by atoms with E-state index in [1.165, 1.54) is 22.7 Å². The summed E-state index contributed by atoms with van der Waals surface area (Å²) in [6, 6.07) is 8.85. The number of hydrogen-bond acceptors (Lipinski definition) is 4. The Morgan fingerprint density at radius 2 is 2.16 bits per heavy atom. The van der Waals surface area contributed by atoms with Gasteiger partial charge in [-0.25, -0.2) is 0 Å². The molecule has 0 bridgehead atoms. The summed E-state index contributed by atoms with van der Waals surface area (Å²) in [5.74, 6) is -0.00892. The number of thioether (sulfide) groups is 1. The Labute approximate surface area is 123 Å². The Hall–Kier alpha value is -1.58. The Balaban J connectivity index is 2.14. The molecule has 1 fully saturated rings. The molecule has 1 aliphatic heterocycles. The normalized spacial score (nSPS) is 16.7. The molecule has 0 atom stereocenters. The molecule has 0 saturated carbocycles. The second kappa shape index (κ2) is 6.04. The Kier molecular flexibility index (Phi) is 4.40. The largest absolute Gasteiger partial charge is 0.298 e. The van der Waals surface area contributed by atoms with E-state index in [0.717, 1.165) is 4.47 Å². The highest BCUT2D eigenvalue weighted by Gasteiger charge is 2.28. The van der Waals surface area contributed by atoms with Gasteiger partial charge in [0.05, 0.1) is 23.4 Å². The molecule has 0 spiro atoms. The summed E-state index contributed by atoms with van der Waals surface area (Å²) in [5, 5.41) is 9.18. The van der Waals surface area contributed by atoms with Crippen LogP contribution in [-0.2, 0) is 4.79 Å². The van der Waals surface area contributed by atoms with E-state index < -0.39 is 0 Å². The van der Waals surface area contributed by atoms with Gasteiger partial charge < -0.3 is 0 Å². The molecule has 2 rings (SSSR count). The van der Waals surface area contributed by atoms with Crippen LogP contribution in [0.3, 0.4) is 0 Å². The van der Waals surface area contributed by atoms with Crippen molar-refractivity contribution in [3.63, 3.8) is 0 Å². The van der Waals surface area contributed by atoms with Crippen LogP contribution in [-0.4, -0.2) is 28.9 Å². The molecular formula is C13H9BrN2O2S. The highest BCUT2D eigenvalue weighted by Crippen LogP contribution is 2.28. The lowest BCUT2D eigenvalue weighted by Gasteiger charge is -2.15. The van der Waals surface area contributed by atoms with Crippen molar-refractivity contribution in [3.05, 3.63) is 45.4 Å². The van der Waals surface area contributed by atoms with E-state index in [9.17, 15) is 9.59 Å². The van der Waals surface area contributed by atoms with E-state index in [4.69, 9.17) is 5.26 Å². The number of rotatable bonds is 3. The second-order valence-electron chi connectivity index (χ2n) is 3.81. The first-order valence-electron chi connectivity index (χ1n) is 5.43. The van der Waals surface area contributed by atoms with Crippen molar-refractivity contribution in [1.82, 2.24) is 4.90 Å². The third-order valence-electron chi connectivity index (χ3n) is 2.57. The number of hydrogen-bond donors (Lipinski definition) is 0. The van der Waals surface area contributed by atoms with Gasteiger partial charge in [-0.05, 0) is 12.1 Å². The molecule has 4 nitrogen and oxygen atoms in total. The van der Waals surface area contributed by atoms with E-state index in [1.54, 1.807) is 24.3 Å². The minimum Gasteiger partial charge on any atom is -0.298 e. The van der Waals surface area contributed by atoms with Gasteiger partial charge in [0.15, 0.2) is 5.78 Å². The Morgan fingerprint density at radius 3 is 2.79 bits per heavy atom. The van der Waals surface area contributed by atoms with Crippen LogP contribution in [0.25, 0.3) is 0 Å². The quantitative estimate of drug-likeness (QED) is 0.628. The van der Waals surface area contributed by atoms with Crippen molar-refractivity contribution in [2.45, 2.75) is 0 Å². The molecule has 6 heteroatoms. The maximum absolute atomic E-state index is 12.1. The molecule has 0 aromatic heterocycles. The average Bonchev–Trinajstić information content (AvgIpc) is 2.73. The van der Waals surface area contributed by atoms with Gasteiger partial charge in [-0.1, -0.05) is 39.8 Å². The fourth-order valence-corrected chi connectivity index (χ4v) is 2.78. The number of carbonyl (C=O) groups excluding carboxylic acids is 2. The van der Waals surface area contributed by atoms with Crippen molar-refractivity contribution in [2.75, 3.05) is 12.3 Å². The van der Waals surface area contributed by atoms with E-state index in [2.05, 4.69) is 15.9 Å². The third kappa shape index (κ3) is 3.25. The molecule has 1 aliphatic rings. The SMILES string of the molecule is N#C/C=C1\SCC(=O)N1CC(=O)c1ccc(Br)cc1. The van der Waals surface area contributed by atoms with E-state index in [0.29, 0.717) is 10.6 Å². The first kappa shape index (κ1) is 13.8. The highest BCUT2D eigenvalue weighted by atomic mass is 79.9. The minimum atomic E-state index is -0.146. The van der Waals surface area contributed by atoms with E-state index >= 15 is 0 Å². The maximum atomic E-state index is 12.1. The van der Waals surface area contributed by atoms with Crippen LogP contribution in [0.5, 0.6) is 0 Å². The smallest absolute Gasteiger partial charge is 0.238 e. The second-order valence-corrected chi connectivity index (χ2v) is 5.72. The number of carbonyl (C=O) groups is 2. The summed E-state index contributed by atoms with van der Waals surface area (Å²) in [5.41, 5.74) is 0.546. The van der Waals surface area contributed by atoms with Gasteiger partial charge in [0.25, 0.3) is 0 Å². The van der Waals surface area contributed by atoms with Crippen LogP contribution in [0.15, 0.2) is 39.8 Å². The summed E-state index contributed by atoms with van der Waals surface area (Å²) in [7, 11) is 0. The Bertz CT molecular complexity index is 590. The van der Waals surface area contributed by atoms with Crippen LogP contribution in [0.2, 0.25) is 0 Å². The van der Waals surface area contributed by atoms with Crippen LogP contribution in [0.1, 0.15) is 10.4 Å². The fourth-order valence-electron chi connectivity index (χ4n) is 1.63. The maximum Gasteiger partial charge on any atom is 0.238 e. The first-order chi connectivity index (χ1) is 9.11. The lowest BCUT2D eigenvalue weighted by Crippen LogP contribution is -2.30. The predicted molar refractivity (Wildman–Crippen MR) is 76.3 cm³/mol. The number of nitrogens with zero attached hydrogens (tertiary/aromatic N) is 2. The van der Waals surface area contributed by atoms with Gasteiger partial charge in [-0.15, -0.1) is 0 Å². The molecule has 19 heavy (non-hydrogen) atoms. The van der Waals surface area contributed by atoms with Crippen LogP contribution < -0.4 is 0 Å². The molecule has 0 unspecified atom stereocenters. The number of benzene rings is 1. The number of amides is 1. The van der Waals surface area contributed by atoms with Crippen LogP contribution >= 0.6 is 27.7 Å². The van der Waals surface area contributed by atoms with Crippen LogP contribution in [0.4, 0.5) is 0 Å². The molecule has 1 saturated heterocycles. The van der Waals surface area contributed by atoms with Crippen molar-refractivity contribution >= 4 is 39.4 Å². The summed E-state index contributed by atoms with van der Waals surface area (Å²) in [6.07, 6.45) is 1.30. The molecular weight excluding hydrogens is 328 g/mol. The molecule has 1 aromatic rings. The average molecular weight is 337 g/mol. The third-order valence-corrected chi connectivity index (χ3v) is 4.12. The van der Waals surface area contributed by atoms with E-state index in [1.807, 2.05) is 6.07 Å². The molecule has 0 radical (unpaired) electrons. The van der Waals surface area contributed by atoms with Gasteiger partial charge in [0.2, 0.25) is 5.91 Å². The molecule has 96 valence electrons. The highest BCUT2D eigenvalue weighted by molar-refractivity contribution is 9.10. The lowest BCUT2D eigenvalue weighted by atomic mass is 10.1. The minimum absolute atomic E-state index is 0.0268. The van der Waals surface area contributed by atoms with Crippen molar-refractivity contribution < 1.29 is 9.59 Å². The van der Waals surface area contributed by atoms with Crippen molar-refractivity contribution in [3.8, 4) is 6.07 Å². The summed E-state index contributed by atoms with van der Waals surface area (Å²) < 4.78 is 0.891. The van der Waals surface area contributed by atoms with Gasteiger partial charge in [-0.3, -0.25) is 14.5 Å². The number of halogens is 1. The monoisotopic (exact) mass is 336 g/mol. The number of allylic oxidation sites excluding steroid dienone is 1. The summed E-state index contributed by atoms with van der Waals surface area (Å²) in [6.45, 7) is -0.0268. The van der Waals surface area contributed by atoms with Gasteiger partial charge >= 0.3 is 0 Å². The van der Waals surface area contributed by atoms with Gasteiger partial charge in [0.1, 0.15) is 0 Å². The summed E-state index contributed by atoms with van der Waals surface area (Å²) in [4.78, 5) is 25.1. The number of nitriles is 1.